The van der Waals surface area contributed by atoms with E-state index in [1.54, 1.807) is 4.68 Å². The second-order valence-electron chi connectivity index (χ2n) is 4.08. The minimum Gasteiger partial charge on any atom is -0.481 e. The second kappa shape index (κ2) is 5.47. The highest BCUT2D eigenvalue weighted by Gasteiger charge is 2.15. The molecule has 0 fully saturated rings. The van der Waals surface area contributed by atoms with Crippen LogP contribution < -0.4 is 5.32 Å². The molecule has 0 aliphatic carbocycles. The summed E-state index contributed by atoms with van der Waals surface area (Å²) in [5.41, 5.74) is 1.27. The molecule has 0 aliphatic rings. The lowest BCUT2D eigenvalue weighted by molar-refractivity contribution is -0.136. The molecule has 1 aromatic rings. The number of nitrogens with one attached hydrogen (secondary N) is 1. The number of aliphatic carboxylic acids is 1. The number of rotatable bonds is 5. The van der Waals surface area contributed by atoms with Gasteiger partial charge in [-0.2, -0.15) is 5.10 Å². The van der Waals surface area contributed by atoms with Gasteiger partial charge in [-0.15, -0.1) is 0 Å². The van der Waals surface area contributed by atoms with E-state index in [2.05, 4.69) is 10.4 Å². The van der Waals surface area contributed by atoms with Crippen LogP contribution in [0.3, 0.4) is 0 Å². The summed E-state index contributed by atoms with van der Waals surface area (Å²) in [6, 6.07) is 0.190. The Kier molecular flexibility index (Phi) is 4.25. The number of amides is 1. The summed E-state index contributed by atoms with van der Waals surface area (Å²) in [7, 11) is 0. The third-order valence-electron chi connectivity index (χ3n) is 2.40. The Bertz CT molecular complexity index is 424. The smallest absolute Gasteiger partial charge is 0.305 e. The number of hydrogen-bond acceptors (Lipinski definition) is 3. The van der Waals surface area contributed by atoms with E-state index >= 15 is 0 Å². The molecular formula is C11H17N3O3. The van der Waals surface area contributed by atoms with E-state index in [0.717, 1.165) is 5.69 Å². The topological polar surface area (TPSA) is 84.2 Å². The van der Waals surface area contributed by atoms with E-state index in [-0.39, 0.29) is 24.9 Å². The quantitative estimate of drug-likeness (QED) is 0.802. The fourth-order valence-corrected chi connectivity index (χ4v) is 1.55. The van der Waals surface area contributed by atoms with Crippen molar-refractivity contribution in [2.45, 2.75) is 33.2 Å². The maximum Gasteiger partial charge on any atom is 0.305 e. The average Bonchev–Trinajstić information content (AvgIpc) is 2.59. The van der Waals surface area contributed by atoms with Crippen LogP contribution >= 0.6 is 0 Å². The molecule has 2 N–H and O–H groups in total. The van der Waals surface area contributed by atoms with Gasteiger partial charge in [-0.05, 0) is 20.8 Å². The number of carbonyl (C=O) groups excluding carboxylic acids is 1. The summed E-state index contributed by atoms with van der Waals surface area (Å²) in [4.78, 5) is 22.0. The van der Waals surface area contributed by atoms with Crippen molar-refractivity contribution in [2.75, 3.05) is 6.54 Å². The molecule has 1 amide bonds. The molecule has 0 spiro atoms. The van der Waals surface area contributed by atoms with Gasteiger partial charge in [-0.3, -0.25) is 14.3 Å². The Morgan fingerprint density at radius 3 is 2.65 bits per heavy atom. The van der Waals surface area contributed by atoms with Crippen molar-refractivity contribution in [1.29, 1.82) is 0 Å². The summed E-state index contributed by atoms with van der Waals surface area (Å²) >= 11 is 0. The number of nitrogens with zero attached hydrogens (tertiary/aromatic N) is 2. The lowest BCUT2D eigenvalue weighted by Crippen LogP contribution is -2.26. The molecule has 6 nitrogen and oxygen atoms in total. The zero-order valence-corrected chi connectivity index (χ0v) is 10.2. The first-order valence-corrected chi connectivity index (χ1v) is 5.47. The molecule has 0 radical (unpaired) electrons. The van der Waals surface area contributed by atoms with E-state index in [1.165, 1.54) is 6.20 Å². The predicted octanol–water partition coefficient (Wildman–Crippen LogP) is 0.977. The van der Waals surface area contributed by atoms with Crippen molar-refractivity contribution in [3.63, 3.8) is 0 Å². The third-order valence-corrected chi connectivity index (χ3v) is 2.40. The summed E-state index contributed by atoms with van der Waals surface area (Å²) < 4.78 is 1.76. The van der Waals surface area contributed by atoms with Gasteiger partial charge in [-0.1, -0.05) is 0 Å². The Hall–Kier alpha value is -1.85. The minimum absolute atomic E-state index is 0.0803. The molecule has 0 aliphatic heterocycles. The molecule has 1 rings (SSSR count). The normalized spacial score (nSPS) is 10.6. The Balaban J connectivity index is 2.66. The van der Waals surface area contributed by atoms with Crippen molar-refractivity contribution < 1.29 is 14.7 Å². The van der Waals surface area contributed by atoms with Gasteiger partial charge in [0.25, 0.3) is 5.91 Å². The Morgan fingerprint density at radius 2 is 2.18 bits per heavy atom. The lowest BCUT2D eigenvalue weighted by atomic mass is 10.2. The lowest BCUT2D eigenvalue weighted by Gasteiger charge is -2.08. The highest BCUT2D eigenvalue weighted by molar-refractivity contribution is 5.95. The van der Waals surface area contributed by atoms with E-state index < -0.39 is 5.97 Å². The molecule has 17 heavy (non-hydrogen) atoms. The fourth-order valence-electron chi connectivity index (χ4n) is 1.55. The molecule has 1 aromatic heterocycles. The molecule has 0 unspecified atom stereocenters. The average molecular weight is 239 g/mol. The monoisotopic (exact) mass is 239 g/mol. The van der Waals surface area contributed by atoms with Crippen molar-refractivity contribution in [3.8, 4) is 0 Å². The highest BCUT2D eigenvalue weighted by Crippen LogP contribution is 2.12. The molecule has 1 heterocycles. The van der Waals surface area contributed by atoms with E-state index in [4.69, 9.17) is 5.11 Å². The summed E-state index contributed by atoms with van der Waals surface area (Å²) in [6.07, 6.45) is 1.43. The van der Waals surface area contributed by atoms with Crippen LogP contribution in [0.15, 0.2) is 6.20 Å². The molecule has 0 atom stereocenters. The van der Waals surface area contributed by atoms with Crippen molar-refractivity contribution in [1.82, 2.24) is 15.1 Å². The molecular weight excluding hydrogens is 222 g/mol. The Labute approximate surface area is 99.6 Å². The zero-order valence-electron chi connectivity index (χ0n) is 10.2. The van der Waals surface area contributed by atoms with Crippen LogP contribution in [0.2, 0.25) is 0 Å². The van der Waals surface area contributed by atoms with Crippen LogP contribution in [-0.2, 0) is 4.79 Å². The summed E-state index contributed by atoms with van der Waals surface area (Å²) in [5, 5.41) is 15.1. The van der Waals surface area contributed by atoms with Gasteiger partial charge in [0.05, 0.1) is 18.2 Å². The zero-order chi connectivity index (χ0) is 13.0. The summed E-state index contributed by atoms with van der Waals surface area (Å²) in [5.74, 6) is -1.21. The van der Waals surface area contributed by atoms with Gasteiger partial charge in [-0.25, -0.2) is 0 Å². The number of carboxylic acids is 1. The highest BCUT2D eigenvalue weighted by atomic mass is 16.4. The van der Waals surface area contributed by atoms with Crippen LogP contribution in [0.25, 0.3) is 0 Å². The molecule has 0 bridgehead atoms. The van der Waals surface area contributed by atoms with Crippen LogP contribution in [0.1, 0.15) is 42.4 Å². The van der Waals surface area contributed by atoms with Gasteiger partial charge in [0.15, 0.2) is 0 Å². The van der Waals surface area contributed by atoms with Gasteiger partial charge >= 0.3 is 5.97 Å². The van der Waals surface area contributed by atoms with Gasteiger partial charge < -0.3 is 10.4 Å². The van der Waals surface area contributed by atoms with E-state index in [9.17, 15) is 9.59 Å². The minimum atomic E-state index is -0.931. The summed E-state index contributed by atoms with van der Waals surface area (Å²) in [6.45, 7) is 5.90. The standard InChI is InChI=1S/C11H17N3O3/c1-7(2)14-8(3)9(6-13-14)11(17)12-5-4-10(15)16/h6-7H,4-5H2,1-3H3,(H,12,17)(H,15,16). The van der Waals surface area contributed by atoms with Crippen LogP contribution in [0.5, 0.6) is 0 Å². The van der Waals surface area contributed by atoms with Crippen molar-refractivity contribution in [3.05, 3.63) is 17.5 Å². The Morgan fingerprint density at radius 1 is 1.53 bits per heavy atom. The van der Waals surface area contributed by atoms with Crippen molar-refractivity contribution >= 4 is 11.9 Å². The first kappa shape index (κ1) is 13.2. The van der Waals surface area contributed by atoms with E-state index in [0.29, 0.717) is 5.56 Å². The second-order valence-corrected chi connectivity index (χ2v) is 4.08. The molecule has 0 saturated heterocycles. The SMILES string of the molecule is Cc1c(C(=O)NCCC(=O)O)cnn1C(C)C. The van der Waals surface area contributed by atoms with Crippen LogP contribution in [0.4, 0.5) is 0 Å². The van der Waals surface area contributed by atoms with Gasteiger partial charge in [0, 0.05) is 18.3 Å². The number of carbonyl (C=O) groups is 2. The number of aromatic nitrogens is 2. The van der Waals surface area contributed by atoms with Gasteiger partial charge in [0.1, 0.15) is 0 Å². The number of hydrogen-bond donors (Lipinski definition) is 2. The maximum atomic E-state index is 11.7. The maximum absolute atomic E-state index is 11.7. The van der Waals surface area contributed by atoms with Crippen LogP contribution in [0, 0.1) is 6.92 Å². The van der Waals surface area contributed by atoms with E-state index in [1.807, 2.05) is 20.8 Å². The number of carboxylic acid groups (broad SMARTS) is 1. The van der Waals surface area contributed by atoms with Crippen molar-refractivity contribution in [2.24, 2.45) is 0 Å². The molecule has 0 saturated carbocycles. The fraction of sp³-hybridized carbons (Fsp3) is 0.545. The first-order chi connectivity index (χ1) is 7.93. The molecule has 6 heteroatoms. The largest absolute Gasteiger partial charge is 0.481 e. The third kappa shape index (κ3) is 3.30. The van der Waals surface area contributed by atoms with Crippen LogP contribution in [-0.4, -0.2) is 33.3 Å². The van der Waals surface area contributed by atoms with Gasteiger partial charge in [0.2, 0.25) is 0 Å². The predicted molar refractivity (Wildman–Crippen MR) is 61.9 cm³/mol. The molecule has 94 valence electrons. The molecule has 0 aromatic carbocycles. The first-order valence-electron chi connectivity index (χ1n) is 5.47.